The van der Waals surface area contributed by atoms with Crippen LogP contribution >= 0.6 is 0 Å². The number of ketones is 1. The number of carbonyl (C=O) groups excluding carboxylic acids is 1. The average Bonchev–Trinajstić information content (AvgIpc) is 2.33. The summed E-state index contributed by atoms with van der Waals surface area (Å²) in [5, 5.41) is 0. The summed E-state index contributed by atoms with van der Waals surface area (Å²) in [4.78, 5) is 11.7. The van der Waals surface area contributed by atoms with Crippen molar-refractivity contribution in [2.24, 2.45) is 0 Å². The Morgan fingerprint density at radius 2 is 1.67 bits per heavy atom. The number of hydrogen-bond acceptors (Lipinski definition) is 1. The van der Waals surface area contributed by atoms with Gasteiger partial charge in [-0.05, 0) is 18.6 Å². The van der Waals surface area contributed by atoms with Crippen molar-refractivity contribution in [1.82, 2.24) is 0 Å². The molecule has 1 nitrogen and oxygen atoms in total. The molecule has 0 bridgehead atoms. The molecule has 0 atom stereocenters. The van der Waals surface area contributed by atoms with Gasteiger partial charge in [-0.25, -0.2) is 0 Å². The monoisotopic (exact) mass is 257 g/mol. The zero-order valence-corrected chi connectivity index (χ0v) is 10.1. The van der Waals surface area contributed by atoms with Crippen molar-refractivity contribution >= 4 is 5.78 Å². The van der Waals surface area contributed by atoms with E-state index in [1.807, 2.05) is 0 Å². The molecule has 0 N–H and O–H groups in total. The fourth-order valence-corrected chi connectivity index (χ4v) is 1.63. The molecule has 0 amide bonds. The molecule has 0 aliphatic rings. The van der Waals surface area contributed by atoms with E-state index in [1.54, 1.807) is 0 Å². The molecule has 0 unspecified atom stereocenters. The molecule has 99 valence electrons. The first-order chi connectivity index (χ1) is 8.45. The molecule has 0 spiro atoms. The van der Waals surface area contributed by atoms with Gasteiger partial charge in [-0.2, -0.15) is 13.2 Å². The number of carbonyl (C=O) groups is 1. The minimum atomic E-state index is -4.35. The minimum absolute atomic E-state index is 0.104. The zero-order chi connectivity index (χ0) is 13.6. The quantitative estimate of drug-likeness (QED) is 0.534. The van der Waals surface area contributed by atoms with E-state index in [0.29, 0.717) is 12.0 Å². The summed E-state index contributed by atoms with van der Waals surface area (Å²) in [6, 6.07) is 4.38. The van der Waals surface area contributed by atoms with Gasteiger partial charge in [0.2, 0.25) is 0 Å². The summed E-state index contributed by atoms with van der Waals surface area (Å²) < 4.78 is 37.0. The highest BCUT2D eigenvalue weighted by Crippen LogP contribution is 2.29. The first-order valence-electron chi connectivity index (χ1n) is 5.95. The highest BCUT2D eigenvalue weighted by atomic mass is 19.4. The Bertz CT molecular complexity index is 379. The molecule has 0 saturated heterocycles. The molecule has 0 aliphatic heterocycles. The molecule has 1 aromatic rings. The first kappa shape index (κ1) is 14.7. The lowest BCUT2D eigenvalue weighted by atomic mass is 10.0. The normalized spacial score (nSPS) is 11.6. The lowest BCUT2D eigenvalue weighted by Crippen LogP contribution is -2.06. The van der Waals surface area contributed by atoms with Crippen molar-refractivity contribution in [3.63, 3.8) is 0 Å². The molecule has 1 rings (SSSR count). The molecule has 0 fully saturated rings. The third-order valence-corrected chi connectivity index (χ3v) is 2.69. The van der Waals surface area contributed by atoms with Crippen molar-refractivity contribution in [3.8, 4) is 0 Å². The van der Waals surface area contributed by atoms with Gasteiger partial charge in [-0.3, -0.25) is 4.79 Å². The van der Waals surface area contributed by atoms with Crippen LogP contribution in [0, 0.1) is 6.92 Å². The Labute approximate surface area is 105 Å². The Balaban J connectivity index is 2.54. The lowest BCUT2D eigenvalue weighted by molar-refractivity contribution is -0.137. The van der Waals surface area contributed by atoms with Crippen LogP contribution in [0.3, 0.4) is 0 Å². The SMILES string of the molecule is [CH2]CCCCCC(=O)c1ccc(C(F)(F)F)cc1. The van der Waals surface area contributed by atoms with E-state index < -0.39 is 11.7 Å². The lowest BCUT2D eigenvalue weighted by Gasteiger charge is -2.07. The molecule has 0 heterocycles. The number of unbranched alkanes of at least 4 members (excludes halogenated alkanes) is 3. The summed E-state index contributed by atoms with van der Waals surface area (Å²) in [5.41, 5.74) is -0.381. The molecule has 18 heavy (non-hydrogen) atoms. The molecular formula is C14H16F3O. The van der Waals surface area contributed by atoms with Crippen LogP contribution in [0.25, 0.3) is 0 Å². The van der Waals surface area contributed by atoms with Gasteiger partial charge >= 0.3 is 6.18 Å². The van der Waals surface area contributed by atoms with Gasteiger partial charge < -0.3 is 0 Å². The van der Waals surface area contributed by atoms with E-state index in [1.165, 1.54) is 12.1 Å². The van der Waals surface area contributed by atoms with E-state index in [-0.39, 0.29) is 5.78 Å². The molecule has 0 saturated carbocycles. The minimum Gasteiger partial charge on any atom is -0.294 e. The van der Waals surface area contributed by atoms with Crippen molar-refractivity contribution in [3.05, 3.63) is 42.3 Å². The second-order valence-corrected chi connectivity index (χ2v) is 4.16. The molecule has 1 aromatic carbocycles. The fourth-order valence-electron chi connectivity index (χ4n) is 1.63. The van der Waals surface area contributed by atoms with Gasteiger partial charge in [0, 0.05) is 12.0 Å². The second-order valence-electron chi connectivity index (χ2n) is 4.16. The van der Waals surface area contributed by atoms with E-state index in [4.69, 9.17) is 0 Å². The predicted molar refractivity (Wildman–Crippen MR) is 64.2 cm³/mol. The van der Waals surface area contributed by atoms with Gasteiger partial charge in [0.1, 0.15) is 0 Å². The maximum Gasteiger partial charge on any atom is 0.416 e. The molecule has 1 radical (unpaired) electrons. The molecule has 4 heteroatoms. The zero-order valence-electron chi connectivity index (χ0n) is 10.1. The Morgan fingerprint density at radius 3 is 2.17 bits per heavy atom. The van der Waals surface area contributed by atoms with Gasteiger partial charge in [-0.15, -0.1) is 0 Å². The first-order valence-corrected chi connectivity index (χ1v) is 5.95. The van der Waals surface area contributed by atoms with E-state index >= 15 is 0 Å². The molecule has 0 aromatic heterocycles. The Morgan fingerprint density at radius 1 is 1.06 bits per heavy atom. The summed E-state index contributed by atoms with van der Waals surface area (Å²) in [7, 11) is 0. The molecule has 0 aliphatic carbocycles. The summed E-state index contributed by atoms with van der Waals surface area (Å²) >= 11 is 0. The van der Waals surface area contributed by atoms with Crippen LogP contribution in [0.2, 0.25) is 0 Å². The van der Waals surface area contributed by atoms with Crippen LogP contribution in [0.5, 0.6) is 0 Å². The third kappa shape index (κ3) is 4.51. The van der Waals surface area contributed by atoms with Crippen LogP contribution in [0.4, 0.5) is 13.2 Å². The second kappa shape index (κ2) is 6.57. The highest BCUT2D eigenvalue weighted by Gasteiger charge is 2.30. The maximum absolute atomic E-state index is 12.3. The number of hydrogen-bond donors (Lipinski definition) is 0. The van der Waals surface area contributed by atoms with Crippen molar-refractivity contribution in [2.75, 3.05) is 0 Å². The smallest absolute Gasteiger partial charge is 0.294 e. The van der Waals surface area contributed by atoms with Crippen molar-refractivity contribution in [1.29, 1.82) is 0 Å². The van der Waals surface area contributed by atoms with Crippen LogP contribution < -0.4 is 0 Å². The number of benzene rings is 1. The van der Waals surface area contributed by atoms with Crippen molar-refractivity contribution < 1.29 is 18.0 Å². The number of alkyl halides is 3. The van der Waals surface area contributed by atoms with Crippen LogP contribution in [-0.4, -0.2) is 5.78 Å². The van der Waals surface area contributed by atoms with Crippen LogP contribution in [0.15, 0.2) is 24.3 Å². The number of halogens is 3. The predicted octanol–water partition coefficient (Wildman–Crippen LogP) is 4.67. The van der Waals surface area contributed by atoms with Crippen LogP contribution in [0.1, 0.15) is 48.0 Å². The van der Waals surface area contributed by atoms with Gasteiger partial charge in [0.15, 0.2) is 5.78 Å². The van der Waals surface area contributed by atoms with Gasteiger partial charge in [0.05, 0.1) is 5.56 Å². The standard InChI is InChI=1S/C14H16F3O/c1-2-3-4-5-6-13(18)11-7-9-12(10-8-11)14(15,16)17/h7-10H,1-6H2. The van der Waals surface area contributed by atoms with Crippen LogP contribution in [-0.2, 0) is 6.18 Å². The van der Waals surface area contributed by atoms with E-state index in [0.717, 1.165) is 37.8 Å². The van der Waals surface area contributed by atoms with Gasteiger partial charge in [-0.1, -0.05) is 38.3 Å². The fraction of sp³-hybridized carbons (Fsp3) is 0.429. The molecular weight excluding hydrogens is 241 g/mol. The highest BCUT2D eigenvalue weighted by molar-refractivity contribution is 5.96. The van der Waals surface area contributed by atoms with E-state index in [9.17, 15) is 18.0 Å². The van der Waals surface area contributed by atoms with E-state index in [2.05, 4.69) is 6.92 Å². The summed E-state index contributed by atoms with van der Waals surface area (Å²) in [6.45, 7) is 3.70. The number of Topliss-reactive ketones (excluding diaryl/α,β-unsaturated/α-hetero) is 1. The third-order valence-electron chi connectivity index (χ3n) is 2.69. The Hall–Kier alpha value is -1.32. The summed E-state index contributed by atoms with van der Waals surface area (Å²) in [6.07, 6.45) is -0.471. The average molecular weight is 257 g/mol. The maximum atomic E-state index is 12.3. The van der Waals surface area contributed by atoms with Crippen molar-refractivity contribution in [2.45, 2.75) is 38.3 Å². The van der Waals surface area contributed by atoms with Gasteiger partial charge in [0.25, 0.3) is 0 Å². The topological polar surface area (TPSA) is 17.1 Å². The number of rotatable bonds is 6. The summed E-state index contributed by atoms with van der Waals surface area (Å²) in [5.74, 6) is -0.104. The largest absolute Gasteiger partial charge is 0.416 e. The Kier molecular flexibility index (Phi) is 5.38.